The Morgan fingerprint density at radius 1 is 1.02 bits per heavy atom. The van der Waals surface area contributed by atoms with Crippen molar-refractivity contribution in [3.05, 3.63) is 88.1 Å². The van der Waals surface area contributed by atoms with E-state index in [-0.39, 0.29) is 35.3 Å². The maximum absolute atomic E-state index is 13.9. The fourth-order valence-electron chi connectivity index (χ4n) is 7.66. The molecule has 222 valence electrons. The largest absolute Gasteiger partial charge is 0.366 e. The number of carbonyl (C=O) groups excluding carboxylic acids is 2. The second-order valence-corrected chi connectivity index (χ2v) is 12.4. The van der Waals surface area contributed by atoms with Crippen molar-refractivity contribution in [3.8, 4) is 0 Å². The van der Waals surface area contributed by atoms with Gasteiger partial charge in [0.1, 0.15) is 5.82 Å². The summed E-state index contributed by atoms with van der Waals surface area (Å²) in [5.74, 6) is 1.14. The molecule has 43 heavy (non-hydrogen) atoms. The molecule has 0 aliphatic carbocycles. The number of fused-ring (bicyclic) bond motifs is 9. The molecule has 4 aromatic rings. The van der Waals surface area contributed by atoms with Crippen LogP contribution in [0.4, 0.5) is 11.4 Å². The van der Waals surface area contributed by atoms with Crippen LogP contribution in [0.5, 0.6) is 0 Å². The summed E-state index contributed by atoms with van der Waals surface area (Å²) in [7, 11) is 0. The lowest BCUT2D eigenvalue weighted by atomic mass is 9.69. The smallest absolute Gasteiger partial charge is 0.250 e. The third kappa shape index (κ3) is 5.32. The van der Waals surface area contributed by atoms with E-state index in [1.54, 1.807) is 6.07 Å². The number of aromatic amines is 1. The number of amides is 2. The van der Waals surface area contributed by atoms with Gasteiger partial charge in [0.25, 0.3) is 5.56 Å². The SMILES string of the molecule is CC(=O)Nc1ccc2c(c1)CC(C(=O)NCCCCCc1nc3ccccc3[nH]1)[C@H]1[C@@H]3C[C@H](CN21)Cn1c3cccc1=O. The Labute approximate surface area is 250 Å². The second-order valence-electron chi connectivity index (χ2n) is 12.4. The number of benzene rings is 2. The van der Waals surface area contributed by atoms with E-state index in [0.717, 1.165) is 78.1 Å². The molecular weight excluding hydrogens is 540 g/mol. The van der Waals surface area contributed by atoms with E-state index >= 15 is 0 Å². The van der Waals surface area contributed by atoms with Crippen LogP contribution in [-0.4, -0.2) is 45.5 Å². The Kier molecular flexibility index (Phi) is 7.24. The van der Waals surface area contributed by atoms with Gasteiger partial charge in [-0.25, -0.2) is 4.98 Å². The number of anilines is 2. The van der Waals surface area contributed by atoms with Crippen LogP contribution in [0, 0.1) is 11.8 Å². The van der Waals surface area contributed by atoms with E-state index in [1.165, 1.54) is 6.92 Å². The Bertz CT molecular complexity index is 1710. The zero-order valence-electron chi connectivity index (χ0n) is 24.5. The number of nitrogens with zero attached hydrogens (tertiary/aromatic N) is 3. The second kappa shape index (κ2) is 11.4. The minimum Gasteiger partial charge on any atom is -0.366 e. The lowest BCUT2D eigenvalue weighted by Crippen LogP contribution is -2.60. The number of para-hydroxylation sites is 2. The summed E-state index contributed by atoms with van der Waals surface area (Å²) >= 11 is 0. The molecule has 9 nitrogen and oxygen atoms in total. The first-order valence-corrected chi connectivity index (χ1v) is 15.5. The molecule has 4 atom stereocenters. The molecule has 9 heteroatoms. The van der Waals surface area contributed by atoms with Crippen LogP contribution in [0.1, 0.15) is 55.6 Å². The van der Waals surface area contributed by atoms with Crippen molar-refractivity contribution in [2.45, 2.75) is 64.0 Å². The number of unbranched alkanes of at least 4 members (excludes halogenated alkanes) is 2. The molecule has 1 unspecified atom stereocenters. The van der Waals surface area contributed by atoms with Gasteiger partial charge in [-0.15, -0.1) is 0 Å². The highest BCUT2D eigenvalue weighted by molar-refractivity contribution is 5.89. The normalized spacial score (nSPS) is 21.9. The summed E-state index contributed by atoms with van der Waals surface area (Å²) in [6.45, 7) is 3.65. The van der Waals surface area contributed by atoms with Gasteiger partial charge in [-0.05, 0) is 73.6 Å². The van der Waals surface area contributed by atoms with Crippen molar-refractivity contribution in [2.24, 2.45) is 11.8 Å². The van der Waals surface area contributed by atoms with Crippen molar-refractivity contribution in [1.82, 2.24) is 19.9 Å². The zero-order chi connectivity index (χ0) is 29.5. The molecule has 3 aliphatic heterocycles. The monoisotopic (exact) mass is 578 g/mol. The molecule has 7 rings (SSSR count). The predicted octanol–water partition coefficient (Wildman–Crippen LogP) is 4.38. The molecule has 3 aliphatic rings. The van der Waals surface area contributed by atoms with E-state index in [2.05, 4.69) is 37.6 Å². The van der Waals surface area contributed by atoms with Crippen molar-refractivity contribution in [1.29, 1.82) is 0 Å². The summed E-state index contributed by atoms with van der Waals surface area (Å²) < 4.78 is 1.93. The van der Waals surface area contributed by atoms with Gasteiger partial charge in [0.05, 0.1) is 17.0 Å². The molecule has 1 saturated heterocycles. The zero-order valence-corrected chi connectivity index (χ0v) is 24.5. The Morgan fingerprint density at radius 3 is 2.77 bits per heavy atom. The summed E-state index contributed by atoms with van der Waals surface area (Å²) in [5.41, 5.74) is 6.12. The first kappa shape index (κ1) is 27.4. The summed E-state index contributed by atoms with van der Waals surface area (Å²) in [6.07, 6.45) is 5.37. The standard InChI is InChI=1S/C34H38N6O3/c1-21(41)36-24-13-14-29-23(17-24)18-26(33-25-16-22(20-40(29)33)19-39-30(25)10-7-12-32(39)42)34(43)35-15-6-2-3-11-31-37-27-8-4-5-9-28(27)38-31/h4-5,7-10,12-14,17,22,25-26,33H,2-3,6,11,15-16,18-20H2,1H3,(H,35,43)(H,36,41)(H,37,38)/t22-,25+,26?,33+/m0/s1. The van der Waals surface area contributed by atoms with Crippen molar-refractivity contribution in [3.63, 3.8) is 0 Å². The number of H-pyrrole nitrogens is 1. The van der Waals surface area contributed by atoms with E-state index in [4.69, 9.17) is 0 Å². The van der Waals surface area contributed by atoms with Crippen molar-refractivity contribution >= 4 is 34.2 Å². The van der Waals surface area contributed by atoms with Crippen molar-refractivity contribution < 1.29 is 9.59 Å². The quantitative estimate of drug-likeness (QED) is 0.269. The highest BCUT2D eigenvalue weighted by atomic mass is 16.2. The van der Waals surface area contributed by atoms with Crippen LogP contribution in [0.3, 0.4) is 0 Å². The maximum Gasteiger partial charge on any atom is 0.250 e. The Hall–Kier alpha value is -4.40. The number of carbonyl (C=O) groups is 2. The molecule has 2 bridgehead atoms. The summed E-state index contributed by atoms with van der Waals surface area (Å²) in [5, 5.41) is 6.17. The number of hydrogen-bond acceptors (Lipinski definition) is 5. The highest BCUT2D eigenvalue weighted by Crippen LogP contribution is 2.48. The maximum atomic E-state index is 13.9. The Balaban J connectivity index is 1.07. The average molecular weight is 579 g/mol. The number of aromatic nitrogens is 3. The van der Waals surface area contributed by atoms with Crippen LogP contribution >= 0.6 is 0 Å². The molecule has 0 spiro atoms. The fraction of sp³-hybridized carbons (Fsp3) is 0.412. The third-order valence-corrected chi connectivity index (χ3v) is 9.44. The van der Waals surface area contributed by atoms with E-state index in [0.29, 0.717) is 25.4 Å². The number of piperidine rings is 1. The number of nitrogens with one attached hydrogen (secondary N) is 3. The molecule has 2 aromatic heterocycles. The van der Waals surface area contributed by atoms with Crippen LogP contribution in [0.2, 0.25) is 0 Å². The number of pyridine rings is 1. The first-order chi connectivity index (χ1) is 20.9. The molecule has 0 saturated carbocycles. The molecule has 3 N–H and O–H groups in total. The van der Waals surface area contributed by atoms with E-state index < -0.39 is 0 Å². The lowest BCUT2D eigenvalue weighted by molar-refractivity contribution is -0.126. The minimum atomic E-state index is -0.261. The van der Waals surface area contributed by atoms with Crippen LogP contribution < -0.4 is 21.1 Å². The van der Waals surface area contributed by atoms with Crippen LogP contribution in [0.25, 0.3) is 11.0 Å². The van der Waals surface area contributed by atoms with Gasteiger partial charge in [0.15, 0.2) is 0 Å². The molecule has 1 fully saturated rings. The number of rotatable bonds is 8. The van der Waals surface area contributed by atoms with Gasteiger partial charge < -0.3 is 25.1 Å². The fourth-order valence-corrected chi connectivity index (χ4v) is 7.66. The molecule has 5 heterocycles. The van der Waals surface area contributed by atoms with Gasteiger partial charge in [0.2, 0.25) is 11.8 Å². The molecule has 2 amide bonds. The third-order valence-electron chi connectivity index (χ3n) is 9.44. The lowest BCUT2D eigenvalue weighted by Gasteiger charge is -2.54. The average Bonchev–Trinajstić information content (AvgIpc) is 3.41. The highest BCUT2D eigenvalue weighted by Gasteiger charge is 2.49. The van der Waals surface area contributed by atoms with Gasteiger partial charge in [-0.2, -0.15) is 0 Å². The van der Waals surface area contributed by atoms with Crippen molar-refractivity contribution in [2.75, 3.05) is 23.3 Å². The molecule has 0 radical (unpaired) electrons. The van der Waals surface area contributed by atoms with Gasteiger partial charge >= 0.3 is 0 Å². The predicted molar refractivity (Wildman–Crippen MR) is 167 cm³/mol. The first-order valence-electron chi connectivity index (χ1n) is 15.5. The van der Waals surface area contributed by atoms with Crippen LogP contribution in [-0.2, 0) is 29.0 Å². The number of aryl methyl sites for hydroxylation is 1. The topological polar surface area (TPSA) is 112 Å². The van der Waals surface area contributed by atoms with Crippen LogP contribution in [0.15, 0.2) is 65.5 Å². The van der Waals surface area contributed by atoms with Gasteiger partial charge in [-0.1, -0.05) is 24.6 Å². The summed E-state index contributed by atoms with van der Waals surface area (Å²) in [4.78, 5) is 49.0. The number of imidazole rings is 1. The van der Waals surface area contributed by atoms with Gasteiger partial charge in [0, 0.05) is 68.1 Å². The van der Waals surface area contributed by atoms with E-state index in [9.17, 15) is 14.4 Å². The minimum absolute atomic E-state index is 0.0307. The van der Waals surface area contributed by atoms with Gasteiger partial charge in [-0.3, -0.25) is 14.4 Å². The summed E-state index contributed by atoms with van der Waals surface area (Å²) in [6, 6.07) is 19.7. The molecular formula is C34H38N6O3. The molecule has 2 aromatic carbocycles. The number of hydrogen-bond donors (Lipinski definition) is 3. The van der Waals surface area contributed by atoms with E-state index in [1.807, 2.05) is 47.0 Å². The Morgan fingerprint density at radius 2 is 1.91 bits per heavy atom.